The lowest BCUT2D eigenvalue weighted by molar-refractivity contribution is -0.134. The average Bonchev–Trinajstić information content (AvgIpc) is 2.84. The van der Waals surface area contributed by atoms with Crippen molar-refractivity contribution in [2.24, 2.45) is 5.10 Å². The summed E-state index contributed by atoms with van der Waals surface area (Å²) in [6.45, 7) is 7.78. The molecule has 4 rings (SSSR count). The van der Waals surface area contributed by atoms with Crippen LogP contribution < -0.4 is 15.6 Å². The lowest BCUT2D eigenvalue weighted by Crippen LogP contribution is -2.37. The zero-order valence-electron chi connectivity index (χ0n) is 20.2. The number of nitrogens with zero attached hydrogens (tertiary/aromatic N) is 5. The summed E-state index contributed by atoms with van der Waals surface area (Å²) in [6, 6.07) is 11.3. The van der Waals surface area contributed by atoms with E-state index in [0.717, 1.165) is 28.2 Å². The minimum absolute atomic E-state index is 0.126. The van der Waals surface area contributed by atoms with E-state index in [9.17, 15) is 5.11 Å². The maximum absolute atomic E-state index is 9.99. The highest BCUT2D eigenvalue weighted by Gasteiger charge is 2.17. The number of carboxylic acid groups (broad SMARTS) is 1. The summed E-state index contributed by atoms with van der Waals surface area (Å²) in [7, 11) is 0. The van der Waals surface area contributed by atoms with Gasteiger partial charge >= 0.3 is 0 Å². The Balaban J connectivity index is 0.000000840. The Morgan fingerprint density at radius 1 is 1.11 bits per heavy atom. The molecule has 1 aliphatic heterocycles. The van der Waals surface area contributed by atoms with Crippen molar-refractivity contribution in [3.63, 3.8) is 0 Å². The highest BCUT2D eigenvalue weighted by molar-refractivity contribution is 9.10. The molecular weight excluding hydrogens is 530 g/mol. The quantitative estimate of drug-likeness (QED) is 0.258. The minimum atomic E-state index is -0.833. The third-order valence-corrected chi connectivity index (χ3v) is 5.41. The van der Waals surface area contributed by atoms with E-state index in [2.05, 4.69) is 69.8 Å². The third-order valence-electron chi connectivity index (χ3n) is 4.91. The molecule has 1 aromatic heterocycles. The van der Waals surface area contributed by atoms with E-state index in [0.29, 0.717) is 49.7 Å². The van der Waals surface area contributed by atoms with Crippen molar-refractivity contribution < 1.29 is 19.7 Å². The number of hydrogen-bond donors (Lipinski definition) is 4. The molecule has 0 spiro atoms. The Morgan fingerprint density at radius 3 is 2.53 bits per heavy atom. The molecule has 0 bridgehead atoms. The van der Waals surface area contributed by atoms with Gasteiger partial charge in [-0.15, -0.1) is 0 Å². The molecule has 1 aliphatic rings. The lowest BCUT2D eigenvalue weighted by Gasteiger charge is -2.27. The number of aliphatic carboxylic acids is 1. The molecule has 2 aromatic carbocycles. The van der Waals surface area contributed by atoms with Gasteiger partial charge in [0, 0.05) is 35.7 Å². The van der Waals surface area contributed by atoms with Gasteiger partial charge in [0.2, 0.25) is 17.8 Å². The number of ether oxygens (including phenoxy) is 1. The molecule has 0 saturated carbocycles. The number of morpholine rings is 1. The molecule has 190 valence electrons. The predicted octanol–water partition coefficient (Wildman–Crippen LogP) is 4.07. The number of aromatic nitrogens is 3. The third kappa shape index (κ3) is 8.17. The van der Waals surface area contributed by atoms with Crippen molar-refractivity contribution in [1.29, 1.82) is 0 Å². The van der Waals surface area contributed by atoms with Gasteiger partial charge in [0.15, 0.2) is 0 Å². The van der Waals surface area contributed by atoms with Crippen LogP contribution in [0.2, 0.25) is 0 Å². The van der Waals surface area contributed by atoms with Gasteiger partial charge in [-0.25, -0.2) is 5.43 Å². The van der Waals surface area contributed by atoms with Crippen LogP contribution in [0.4, 0.5) is 23.5 Å². The molecule has 36 heavy (non-hydrogen) atoms. The highest BCUT2D eigenvalue weighted by atomic mass is 79.9. The summed E-state index contributed by atoms with van der Waals surface area (Å²) in [4.78, 5) is 24.7. The van der Waals surface area contributed by atoms with E-state index in [1.807, 2.05) is 13.8 Å². The molecule has 0 amide bonds. The first-order valence-corrected chi connectivity index (χ1v) is 11.9. The van der Waals surface area contributed by atoms with Gasteiger partial charge in [-0.05, 0) is 49.2 Å². The maximum Gasteiger partial charge on any atom is 0.300 e. The number of hydrogen-bond acceptors (Lipinski definition) is 10. The summed E-state index contributed by atoms with van der Waals surface area (Å²) in [6.07, 6.45) is 1.51. The Kier molecular flexibility index (Phi) is 9.53. The van der Waals surface area contributed by atoms with Crippen molar-refractivity contribution in [1.82, 2.24) is 15.0 Å². The van der Waals surface area contributed by atoms with Crippen LogP contribution in [0.5, 0.6) is 5.75 Å². The van der Waals surface area contributed by atoms with Crippen LogP contribution in [0, 0.1) is 13.8 Å². The zero-order chi connectivity index (χ0) is 26.1. The Labute approximate surface area is 217 Å². The summed E-state index contributed by atoms with van der Waals surface area (Å²) in [5.74, 6) is 0.540. The van der Waals surface area contributed by atoms with E-state index in [4.69, 9.17) is 14.6 Å². The molecule has 0 unspecified atom stereocenters. The second-order valence-corrected chi connectivity index (χ2v) is 8.83. The normalized spacial score (nSPS) is 13.2. The first kappa shape index (κ1) is 26.8. The van der Waals surface area contributed by atoms with E-state index in [1.165, 1.54) is 6.21 Å². The summed E-state index contributed by atoms with van der Waals surface area (Å²) in [5.41, 5.74) is 6.56. The van der Waals surface area contributed by atoms with Crippen LogP contribution in [0.1, 0.15) is 23.6 Å². The van der Waals surface area contributed by atoms with Crippen LogP contribution in [-0.4, -0.2) is 63.7 Å². The second-order valence-electron chi connectivity index (χ2n) is 7.92. The molecule has 11 nitrogen and oxygen atoms in total. The number of carbonyl (C=O) groups is 1. The Hall–Kier alpha value is -3.77. The van der Waals surface area contributed by atoms with Crippen molar-refractivity contribution in [3.05, 3.63) is 57.6 Å². The minimum Gasteiger partial charge on any atom is -0.507 e. The molecule has 4 N–H and O–H groups in total. The molecular formula is C24H28BrN7O4. The molecule has 3 aromatic rings. The van der Waals surface area contributed by atoms with Crippen LogP contribution in [0.25, 0.3) is 0 Å². The van der Waals surface area contributed by atoms with Crippen molar-refractivity contribution in [2.45, 2.75) is 20.8 Å². The van der Waals surface area contributed by atoms with Gasteiger partial charge in [-0.3, -0.25) is 4.79 Å². The van der Waals surface area contributed by atoms with E-state index < -0.39 is 5.97 Å². The number of carboxylic acids is 1. The van der Waals surface area contributed by atoms with Crippen LogP contribution in [0.15, 0.2) is 46.0 Å². The number of anilines is 4. The molecule has 1 saturated heterocycles. The van der Waals surface area contributed by atoms with Crippen molar-refractivity contribution in [3.8, 4) is 5.75 Å². The molecule has 12 heteroatoms. The van der Waals surface area contributed by atoms with Crippen molar-refractivity contribution in [2.75, 3.05) is 41.9 Å². The smallest absolute Gasteiger partial charge is 0.300 e. The maximum atomic E-state index is 9.99. The number of nitrogens with one attached hydrogen (secondary N) is 2. The number of aryl methyl sites for hydroxylation is 2. The monoisotopic (exact) mass is 557 g/mol. The van der Waals surface area contributed by atoms with E-state index >= 15 is 0 Å². The number of phenolic OH excluding ortho intramolecular Hbond substituents is 1. The number of benzene rings is 2. The van der Waals surface area contributed by atoms with Crippen molar-refractivity contribution >= 4 is 51.6 Å². The number of halogens is 1. The van der Waals surface area contributed by atoms with Gasteiger partial charge in [0.05, 0.1) is 19.4 Å². The van der Waals surface area contributed by atoms with Gasteiger partial charge in [-0.2, -0.15) is 20.1 Å². The molecule has 0 radical (unpaired) electrons. The van der Waals surface area contributed by atoms with Crippen LogP contribution in [0.3, 0.4) is 0 Å². The summed E-state index contributed by atoms with van der Waals surface area (Å²) in [5, 5.41) is 24.9. The summed E-state index contributed by atoms with van der Waals surface area (Å²) >= 11 is 3.39. The fraction of sp³-hybridized carbons (Fsp3) is 0.292. The summed E-state index contributed by atoms with van der Waals surface area (Å²) < 4.78 is 6.29. The molecule has 1 fully saturated rings. The number of rotatable bonds is 6. The Morgan fingerprint density at radius 2 is 1.81 bits per heavy atom. The second kappa shape index (κ2) is 12.8. The first-order chi connectivity index (χ1) is 17.2. The molecule has 2 heterocycles. The van der Waals surface area contributed by atoms with Gasteiger partial charge in [0.1, 0.15) is 5.75 Å². The standard InChI is InChI=1S/C22H24BrN7O2.C2H4O2/c1-14-3-4-15(2)18(11-14)25-20-26-21(28-22(27-20)30-7-9-32-10-8-30)29-24-13-16-12-17(23)5-6-19(16)31;1-2(3)4/h3-6,11-13,31H,7-10H2,1-2H3,(H2,25,26,27,28,29);1H3,(H,3,4)/b24-13+;. The SMILES string of the molecule is CC(=O)O.Cc1ccc(C)c(Nc2nc(N/N=C/c3cc(Br)ccc3O)nc(N3CCOCC3)n2)c1. The number of aromatic hydroxyl groups is 1. The molecule has 0 atom stereocenters. The zero-order valence-corrected chi connectivity index (χ0v) is 21.8. The first-order valence-electron chi connectivity index (χ1n) is 11.1. The van der Waals surface area contributed by atoms with Crippen LogP contribution >= 0.6 is 15.9 Å². The predicted molar refractivity (Wildman–Crippen MR) is 142 cm³/mol. The van der Waals surface area contributed by atoms with Gasteiger partial charge in [-0.1, -0.05) is 28.1 Å². The van der Waals surface area contributed by atoms with Crippen LogP contribution in [-0.2, 0) is 9.53 Å². The average molecular weight is 558 g/mol. The fourth-order valence-corrected chi connectivity index (χ4v) is 3.53. The highest BCUT2D eigenvalue weighted by Crippen LogP contribution is 2.23. The molecule has 0 aliphatic carbocycles. The number of hydrazone groups is 1. The fourth-order valence-electron chi connectivity index (χ4n) is 3.15. The van der Waals surface area contributed by atoms with E-state index in [1.54, 1.807) is 18.2 Å². The largest absolute Gasteiger partial charge is 0.507 e. The Bertz CT molecular complexity index is 1230. The topological polar surface area (TPSA) is 145 Å². The van der Waals surface area contributed by atoms with Gasteiger partial charge in [0.25, 0.3) is 5.97 Å². The van der Waals surface area contributed by atoms with Gasteiger partial charge < -0.3 is 25.2 Å². The van der Waals surface area contributed by atoms with E-state index in [-0.39, 0.29) is 5.75 Å². The lowest BCUT2D eigenvalue weighted by atomic mass is 10.1. The number of phenols is 1.